The number of nitrogens with zero attached hydrogens (tertiary/aromatic N) is 1. The van der Waals surface area contributed by atoms with E-state index in [1.807, 2.05) is 21.1 Å². The lowest BCUT2D eigenvalue weighted by molar-refractivity contribution is -0.861. The Labute approximate surface area is 114 Å². The molecule has 0 aromatic heterocycles. The molecule has 0 fully saturated rings. The van der Waals surface area contributed by atoms with Crippen LogP contribution in [0.15, 0.2) is 0 Å². The second-order valence-corrected chi connectivity index (χ2v) is 7.81. The monoisotopic (exact) mass is 276 g/mol. The molecule has 18 heavy (non-hydrogen) atoms. The summed E-state index contributed by atoms with van der Waals surface area (Å²) >= 11 is 0. The van der Waals surface area contributed by atoms with Gasteiger partial charge in [-0.25, -0.2) is 0 Å². The van der Waals surface area contributed by atoms with Gasteiger partial charge in [0.2, 0.25) is 0 Å². The summed E-state index contributed by atoms with van der Waals surface area (Å²) in [6.45, 7) is 2.71. The number of hydrogen-bond acceptors (Lipinski definition) is 1. The van der Waals surface area contributed by atoms with Gasteiger partial charge in [-0.05, 0) is 12.8 Å². The molecule has 1 atom stereocenters. The first-order chi connectivity index (χ1) is 8.37. The van der Waals surface area contributed by atoms with Gasteiger partial charge < -0.3 is 14.5 Å². The molecule has 0 aliphatic rings. The van der Waals surface area contributed by atoms with Crippen molar-refractivity contribution >= 4 is 13.3 Å². The van der Waals surface area contributed by atoms with Gasteiger partial charge in [0, 0.05) is 0 Å². The Morgan fingerprint density at radius 2 is 1.50 bits per heavy atom. The largest absolute Gasteiger partial charge is 0.629 e. The highest BCUT2D eigenvalue weighted by Gasteiger charge is 2.16. The Morgan fingerprint density at radius 3 is 2.00 bits per heavy atom. The van der Waals surface area contributed by atoms with E-state index < -0.39 is 7.77 Å². The van der Waals surface area contributed by atoms with E-state index in [0.29, 0.717) is 17.2 Å². The zero-order chi connectivity index (χ0) is 14.0. The van der Waals surface area contributed by atoms with Crippen LogP contribution in [-0.4, -0.2) is 48.9 Å². The van der Waals surface area contributed by atoms with Gasteiger partial charge in [-0.2, -0.15) is 0 Å². The number of rotatable bonds is 10. The third kappa shape index (κ3) is 11.2. The van der Waals surface area contributed by atoms with Gasteiger partial charge >= 0.3 is 0 Å². The van der Waals surface area contributed by atoms with Crippen molar-refractivity contribution in [3.63, 3.8) is 0 Å². The first-order valence-electron chi connectivity index (χ1n) is 7.16. The van der Waals surface area contributed by atoms with Crippen LogP contribution in [0.25, 0.3) is 0 Å². The van der Waals surface area contributed by atoms with Crippen LogP contribution in [0.4, 0.5) is 0 Å². The molecule has 1 unspecified atom stereocenters. The van der Waals surface area contributed by atoms with Gasteiger partial charge in [0.25, 0.3) is 5.48 Å². The number of aliphatic hydroxyl groups excluding tert-OH is 1. The van der Waals surface area contributed by atoms with Crippen LogP contribution >= 0.6 is 7.77 Å². The molecule has 0 saturated carbocycles. The maximum Gasteiger partial charge on any atom is 0.273 e. The highest BCUT2D eigenvalue weighted by molar-refractivity contribution is 7.51. The number of likely N-dealkylation sites (N-methyl/N-ethyl adjacent to an activating group) is 1. The van der Waals surface area contributed by atoms with Crippen LogP contribution < -0.4 is 4.89 Å². The minimum Gasteiger partial charge on any atom is -0.629 e. The van der Waals surface area contributed by atoms with Gasteiger partial charge in [0.1, 0.15) is 6.16 Å². The van der Waals surface area contributed by atoms with Gasteiger partial charge in [-0.15, -0.1) is 0 Å². The van der Waals surface area contributed by atoms with E-state index in [-0.39, 0.29) is 5.48 Å². The third-order valence-corrected chi connectivity index (χ3v) is 4.31. The van der Waals surface area contributed by atoms with Crippen LogP contribution in [0, 0.1) is 0 Å². The molecule has 0 heterocycles. The molecule has 0 bridgehead atoms. The van der Waals surface area contributed by atoms with E-state index in [9.17, 15) is 10.00 Å². The second-order valence-electron chi connectivity index (χ2n) is 6.09. The lowest BCUT2D eigenvalue weighted by atomic mass is 10.1. The Bertz CT molecular complexity index is 247. The fourth-order valence-electron chi connectivity index (χ4n) is 1.84. The van der Waals surface area contributed by atoms with Gasteiger partial charge in [-0.3, -0.25) is 0 Å². The third-order valence-electron chi connectivity index (χ3n) is 2.87. The highest BCUT2D eigenvalue weighted by Crippen LogP contribution is 2.18. The maximum absolute atomic E-state index is 11.8. The average Bonchev–Trinajstić information content (AvgIpc) is 2.25. The topological polar surface area (TPSA) is 43.3 Å². The zero-order valence-corrected chi connectivity index (χ0v) is 13.5. The Hall–Kier alpha value is 0.0500. The highest BCUT2D eigenvalue weighted by atomic mass is 31.1. The molecule has 0 aliphatic carbocycles. The van der Waals surface area contributed by atoms with Crippen molar-refractivity contribution in [1.29, 1.82) is 0 Å². The Kier molecular flexibility index (Phi) is 9.94. The molecular formula is C14H31NO2P+. The van der Waals surface area contributed by atoms with Gasteiger partial charge in [-0.1, -0.05) is 39.0 Å². The molecular weight excluding hydrogens is 245 g/mol. The first-order valence-corrected chi connectivity index (χ1v) is 8.61. The zero-order valence-electron chi connectivity index (χ0n) is 12.6. The van der Waals surface area contributed by atoms with Gasteiger partial charge in [0.15, 0.2) is 6.54 Å². The smallest absolute Gasteiger partial charge is 0.273 e. The first kappa shape index (κ1) is 18.0. The minimum atomic E-state index is -1.53. The summed E-state index contributed by atoms with van der Waals surface area (Å²) in [5.41, 5.74) is 0.184. The number of unbranched alkanes of at least 4 members (excludes halogenated alkanes) is 6. The fraction of sp³-hybridized carbons (Fsp3) is 0.929. The summed E-state index contributed by atoms with van der Waals surface area (Å²) in [4.78, 5) is 11.8. The summed E-state index contributed by atoms with van der Waals surface area (Å²) in [6.07, 6.45) is 9.21. The molecule has 0 amide bonds. The van der Waals surface area contributed by atoms with Crippen LogP contribution in [0.1, 0.15) is 51.9 Å². The van der Waals surface area contributed by atoms with Crippen LogP contribution in [0.5, 0.6) is 0 Å². The van der Waals surface area contributed by atoms with E-state index >= 15 is 0 Å². The molecule has 4 heteroatoms. The summed E-state index contributed by atoms with van der Waals surface area (Å²) < 4.78 is 0.629. The maximum atomic E-state index is 11.8. The van der Waals surface area contributed by atoms with E-state index in [1.165, 1.54) is 32.1 Å². The molecule has 0 radical (unpaired) electrons. The average molecular weight is 276 g/mol. The van der Waals surface area contributed by atoms with E-state index in [0.717, 1.165) is 12.8 Å². The van der Waals surface area contributed by atoms with Crippen LogP contribution in [-0.2, 0) is 0 Å². The van der Waals surface area contributed by atoms with Crippen LogP contribution in [0.3, 0.4) is 0 Å². The van der Waals surface area contributed by atoms with Crippen molar-refractivity contribution in [3.05, 3.63) is 0 Å². The van der Waals surface area contributed by atoms with Crippen LogP contribution in [0.2, 0.25) is 0 Å². The standard InChI is InChI=1S/C14H30NO2P/c1-5-6-7-8-9-10-11-12-18(17)14(16)13-15(2,3)4/h5-13H2,1-4H3/p+1. The summed E-state index contributed by atoms with van der Waals surface area (Å²) in [6, 6.07) is 0. The fourth-order valence-corrected chi connectivity index (χ4v) is 3.20. The summed E-state index contributed by atoms with van der Waals surface area (Å²) in [5, 5.41) is 9.74. The quantitative estimate of drug-likeness (QED) is 0.379. The predicted molar refractivity (Wildman–Crippen MR) is 79.6 cm³/mol. The van der Waals surface area contributed by atoms with E-state index in [4.69, 9.17) is 0 Å². The molecule has 0 aromatic rings. The van der Waals surface area contributed by atoms with Crippen molar-refractivity contribution in [2.75, 3.05) is 33.8 Å². The molecule has 3 nitrogen and oxygen atoms in total. The molecule has 108 valence electrons. The molecule has 0 saturated heterocycles. The van der Waals surface area contributed by atoms with Crippen molar-refractivity contribution < 1.29 is 14.5 Å². The lowest BCUT2D eigenvalue weighted by Crippen LogP contribution is -2.39. The Balaban J connectivity index is 3.69. The summed E-state index contributed by atoms with van der Waals surface area (Å²) in [7, 11) is 4.45. The van der Waals surface area contributed by atoms with Crippen molar-refractivity contribution in [1.82, 2.24) is 0 Å². The molecule has 0 rings (SSSR count). The minimum absolute atomic E-state index is 0.184. The SMILES string of the molecule is CCCCCCCCC/[P+]([O-])=C(\O)C[N+](C)(C)C. The molecule has 0 aromatic carbocycles. The molecule has 1 N–H and O–H groups in total. The number of quaternary nitrogens is 1. The summed E-state index contributed by atoms with van der Waals surface area (Å²) in [5.74, 6) is 0. The van der Waals surface area contributed by atoms with E-state index in [2.05, 4.69) is 6.92 Å². The molecule has 0 spiro atoms. The number of hydrogen-bond donors (Lipinski definition) is 1. The lowest BCUT2D eigenvalue weighted by Gasteiger charge is -2.22. The van der Waals surface area contributed by atoms with Crippen molar-refractivity contribution in [3.8, 4) is 0 Å². The number of aliphatic hydroxyl groups is 1. The van der Waals surface area contributed by atoms with E-state index in [1.54, 1.807) is 0 Å². The molecule has 0 aliphatic heterocycles. The normalized spacial score (nSPS) is 13.7. The van der Waals surface area contributed by atoms with Crippen molar-refractivity contribution in [2.24, 2.45) is 0 Å². The predicted octanol–water partition coefficient (Wildman–Crippen LogP) is 2.70. The van der Waals surface area contributed by atoms with Gasteiger partial charge in [0.05, 0.1) is 28.9 Å². The second kappa shape index (κ2) is 9.91. The Morgan fingerprint density at radius 1 is 1.00 bits per heavy atom. The van der Waals surface area contributed by atoms with Crippen molar-refractivity contribution in [2.45, 2.75) is 51.9 Å².